The lowest BCUT2D eigenvalue weighted by molar-refractivity contribution is -0.138. The van der Waals surface area contributed by atoms with Gasteiger partial charge < -0.3 is 14.2 Å². The number of ether oxygens (including phenoxy) is 3. The number of thiophene rings is 1. The molecule has 0 saturated heterocycles. The first-order valence-electron chi connectivity index (χ1n) is 13.9. The van der Waals surface area contributed by atoms with Gasteiger partial charge in [-0.15, -0.1) is 11.3 Å². The number of thiazole rings is 1. The normalized spacial score (nSPS) is 14.6. The average Bonchev–Trinajstić information content (AvgIpc) is 3.68. The van der Waals surface area contributed by atoms with Gasteiger partial charge >= 0.3 is 5.97 Å². The van der Waals surface area contributed by atoms with Gasteiger partial charge in [-0.2, -0.15) is 0 Å². The number of hydrogen-bond acceptors (Lipinski definition) is 8. The zero-order valence-corrected chi connectivity index (χ0v) is 28.7. The van der Waals surface area contributed by atoms with Crippen molar-refractivity contribution < 1.29 is 19.0 Å². The van der Waals surface area contributed by atoms with Gasteiger partial charge in [0.05, 0.1) is 33.1 Å². The van der Waals surface area contributed by atoms with E-state index in [1.165, 1.54) is 22.7 Å². The summed E-state index contributed by atoms with van der Waals surface area (Å²) in [4.78, 5) is 33.9. The molecule has 0 fully saturated rings. The molecule has 0 spiro atoms. The van der Waals surface area contributed by atoms with Crippen LogP contribution >= 0.6 is 56.9 Å². The smallest absolute Gasteiger partial charge is 0.338 e. The summed E-state index contributed by atoms with van der Waals surface area (Å²) in [5, 5.41) is 2.57. The number of aromatic nitrogens is 1. The van der Waals surface area contributed by atoms with E-state index in [2.05, 4.69) is 22.6 Å². The molecule has 3 aromatic carbocycles. The molecule has 0 saturated carbocycles. The van der Waals surface area contributed by atoms with E-state index < -0.39 is 12.0 Å². The first-order chi connectivity index (χ1) is 21.9. The number of carbonyl (C=O) groups excluding carboxylic acids is 1. The molecule has 1 aliphatic heterocycles. The molecule has 2 aromatic heterocycles. The summed E-state index contributed by atoms with van der Waals surface area (Å²) >= 11 is 11.1. The van der Waals surface area contributed by atoms with E-state index in [0.717, 1.165) is 25.1 Å². The summed E-state index contributed by atoms with van der Waals surface area (Å²) in [6, 6.07) is 23.9. The number of hydrogen-bond donors (Lipinski definition) is 0. The Bertz CT molecular complexity index is 2090. The fourth-order valence-corrected chi connectivity index (χ4v) is 7.87. The number of nitrogens with zero attached hydrogens (tertiary/aromatic N) is 2. The van der Waals surface area contributed by atoms with Gasteiger partial charge in [0.15, 0.2) is 16.3 Å². The predicted molar refractivity (Wildman–Crippen MR) is 187 cm³/mol. The molecule has 0 bridgehead atoms. The molecule has 0 amide bonds. The maximum absolute atomic E-state index is 14.1. The fraction of sp³-hybridized carbons (Fsp3) is 0.147. The molecule has 0 N–H and O–H groups in total. The van der Waals surface area contributed by atoms with Crippen LogP contribution in [0.3, 0.4) is 0 Å². The highest BCUT2D eigenvalue weighted by Gasteiger charge is 2.35. The Morgan fingerprint density at radius 2 is 1.91 bits per heavy atom. The zero-order valence-electron chi connectivity index (χ0n) is 24.2. The van der Waals surface area contributed by atoms with Crippen LogP contribution in [-0.2, 0) is 16.1 Å². The summed E-state index contributed by atoms with van der Waals surface area (Å²) in [6.07, 6.45) is 1.82. The van der Waals surface area contributed by atoms with Crippen LogP contribution in [0, 0.1) is 3.57 Å². The van der Waals surface area contributed by atoms with Crippen LogP contribution in [0.5, 0.6) is 11.5 Å². The second kappa shape index (κ2) is 13.7. The average molecular weight is 769 g/mol. The zero-order chi connectivity index (χ0) is 31.5. The van der Waals surface area contributed by atoms with Crippen molar-refractivity contribution in [3.63, 3.8) is 0 Å². The van der Waals surface area contributed by atoms with Gasteiger partial charge in [0, 0.05) is 15.5 Å². The quantitative estimate of drug-likeness (QED) is 0.121. The van der Waals surface area contributed by atoms with Crippen molar-refractivity contribution in [2.45, 2.75) is 19.6 Å². The van der Waals surface area contributed by atoms with Gasteiger partial charge in [-0.1, -0.05) is 71.5 Å². The number of benzene rings is 3. The number of carbonyl (C=O) groups is 1. The van der Waals surface area contributed by atoms with Crippen molar-refractivity contribution in [1.82, 2.24) is 4.57 Å². The Labute approximate surface area is 285 Å². The second-order valence-corrected chi connectivity index (χ2v) is 13.5. The van der Waals surface area contributed by atoms with E-state index in [0.29, 0.717) is 43.7 Å². The van der Waals surface area contributed by atoms with Crippen molar-refractivity contribution >= 4 is 74.6 Å². The lowest BCUT2D eigenvalue weighted by Crippen LogP contribution is -2.39. The van der Waals surface area contributed by atoms with Crippen LogP contribution in [0.2, 0.25) is 5.02 Å². The van der Waals surface area contributed by atoms with Crippen LogP contribution in [0.1, 0.15) is 34.5 Å². The van der Waals surface area contributed by atoms with E-state index in [1.54, 1.807) is 18.6 Å². The predicted octanol–water partition coefficient (Wildman–Crippen LogP) is 6.84. The van der Waals surface area contributed by atoms with Crippen molar-refractivity contribution in [3.05, 3.63) is 140 Å². The first-order valence-corrected chi connectivity index (χ1v) is 17.1. The van der Waals surface area contributed by atoms with Crippen molar-refractivity contribution in [3.8, 4) is 11.5 Å². The van der Waals surface area contributed by atoms with Gasteiger partial charge in [0.2, 0.25) is 0 Å². The maximum Gasteiger partial charge on any atom is 0.338 e. The van der Waals surface area contributed by atoms with Crippen molar-refractivity contribution in [1.29, 1.82) is 0 Å². The second-order valence-electron chi connectivity index (χ2n) is 9.90. The summed E-state index contributed by atoms with van der Waals surface area (Å²) in [5.41, 5.74) is 3.05. The molecule has 0 unspecified atom stereocenters. The summed E-state index contributed by atoms with van der Waals surface area (Å²) in [7, 11) is 1.58. The molecule has 45 heavy (non-hydrogen) atoms. The Morgan fingerprint density at radius 1 is 1.09 bits per heavy atom. The largest absolute Gasteiger partial charge is 0.493 e. The Hall–Kier alpha value is -3.71. The summed E-state index contributed by atoms with van der Waals surface area (Å²) < 4.78 is 20.2. The summed E-state index contributed by atoms with van der Waals surface area (Å²) in [6.45, 7) is 2.28. The third kappa shape index (κ3) is 6.51. The number of fused-ring (bicyclic) bond motifs is 1. The first kappa shape index (κ1) is 31.3. The topological polar surface area (TPSA) is 79.1 Å². The van der Waals surface area contributed by atoms with E-state index in [-0.39, 0.29) is 12.2 Å². The summed E-state index contributed by atoms with van der Waals surface area (Å²) in [5.74, 6) is 0.636. The minimum Gasteiger partial charge on any atom is -0.493 e. The molecule has 0 aliphatic carbocycles. The third-order valence-electron chi connectivity index (χ3n) is 7.01. The van der Waals surface area contributed by atoms with Crippen LogP contribution in [0.15, 0.2) is 99.6 Å². The van der Waals surface area contributed by atoms with Crippen LogP contribution < -0.4 is 24.4 Å². The molecule has 5 aromatic rings. The monoisotopic (exact) mass is 768 g/mol. The number of halogens is 2. The van der Waals surface area contributed by atoms with Crippen molar-refractivity contribution in [2.75, 3.05) is 13.7 Å². The molecule has 6 rings (SSSR count). The van der Waals surface area contributed by atoms with Gasteiger partial charge in [0.25, 0.3) is 5.56 Å². The Balaban J connectivity index is 1.47. The number of methoxy groups -OCH3 is 1. The van der Waals surface area contributed by atoms with Gasteiger partial charge in [-0.25, -0.2) is 9.79 Å². The van der Waals surface area contributed by atoms with E-state index in [1.807, 2.05) is 90.3 Å². The molecule has 11 heteroatoms. The molecular formula is C34H26ClIN2O5S2. The molecule has 1 aliphatic rings. The van der Waals surface area contributed by atoms with E-state index in [9.17, 15) is 9.59 Å². The van der Waals surface area contributed by atoms with Crippen LogP contribution in [0.4, 0.5) is 0 Å². The molecule has 1 atom stereocenters. The van der Waals surface area contributed by atoms with E-state index >= 15 is 0 Å². The minimum atomic E-state index is -0.686. The Morgan fingerprint density at radius 3 is 2.62 bits per heavy atom. The lowest BCUT2D eigenvalue weighted by Gasteiger charge is -2.24. The highest BCUT2D eigenvalue weighted by Crippen LogP contribution is 2.37. The highest BCUT2D eigenvalue weighted by molar-refractivity contribution is 14.1. The van der Waals surface area contributed by atoms with Crippen molar-refractivity contribution in [2.24, 2.45) is 4.99 Å². The molecule has 228 valence electrons. The molecule has 3 heterocycles. The SMILES string of the molecule is CCOC(=O)C1=C(c2ccccc2)N=c2s/c(=C\c3cc(I)c(OCc4cccc(Cl)c4)c(OC)c3)c(=O)n2[C@@H]1c1cccs1. The molecule has 0 radical (unpaired) electrons. The van der Waals surface area contributed by atoms with Gasteiger partial charge in [-0.05, 0) is 82.4 Å². The highest BCUT2D eigenvalue weighted by atomic mass is 127. The van der Waals surface area contributed by atoms with Crippen LogP contribution in [-0.4, -0.2) is 24.3 Å². The fourth-order valence-electron chi connectivity index (χ4n) is 5.05. The van der Waals surface area contributed by atoms with E-state index in [4.69, 9.17) is 30.8 Å². The minimum absolute atomic E-state index is 0.200. The maximum atomic E-state index is 14.1. The molecule has 7 nitrogen and oxygen atoms in total. The van der Waals surface area contributed by atoms with Crippen LogP contribution in [0.25, 0.3) is 11.8 Å². The van der Waals surface area contributed by atoms with Gasteiger partial charge in [-0.3, -0.25) is 9.36 Å². The third-order valence-corrected chi connectivity index (χ3v) is 9.95. The number of esters is 1. The lowest BCUT2D eigenvalue weighted by atomic mass is 9.97. The van der Waals surface area contributed by atoms with Gasteiger partial charge in [0.1, 0.15) is 12.6 Å². The molecular weight excluding hydrogens is 743 g/mol. The number of rotatable bonds is 9. The standard InChI is InChI=1S/C34H26ClIN2O5S2/c1-3-42-33(40)28-29(22-10-5-4-6-11-22)37-34-38(30(28)26-13-8-14-44-26)32(39)27(45-34)18-21-16-24(36)31(25(17-21)41-2)43-19-20-9-7-12-23(35)15-20/h4-18,30H,3,19H2,1-2H3/b27-18-/t30-/m1/s1. The Kier molecular flexibility index (Phi) is 9.55.